The summed E-state index contributed by atoms with van der Waals surface area (Å²) in [5, 5.41) is 5.20. The molecule has 0 aliphatic carbocycles. The number of hydrogen-bond acceptors (Lipinski definition) is 5. The van der Waals surface area contributed by atoms with E-state index in [0.717, 1.165) is 0 Å². The standard InChI is InChI=1S/C17H24N2O5/c1-11(2)19-17(21)10-18-16(20)7-6-12-8-14(23-4)15(24-5)9-13(12)22-3/h6-9,11H,10H2,1-5H3,(H,18,20)(H,19,21)/b7-6+. The fourth-order valence-corrected chi connectivity index (χ4v) is 1.95. The summed E-state index contributed by atoms with van der Waals surface area (Å²) in [5.74, 6) is 0.964. The Morgan fingerprint density at radius 1 is 1.04 bits per heavy atom. The summed E-state index contributed by atoms with van der Waals surface area (Å²) in [6.45, 7) is 3.62. The predicted octanol–water partition coefficient (Wildman–Crippen LogP) is 1.37. The van der Waals surface area contributed by atoms with Crippen molar-refractivity contribution >= 4 is 17.9 Å². The zero-order valence-electron chi connectivity index (χ0n) is 14.6. The van der Waals surface area contributed by atoms with Gasteiger partial charge in [-0.15, -0.1) is 0 Å². The van der Waals surface area contributed by atoms with E-state index in [1.807, 2.05) is 13.8 Å². The number of nitrogens with one attached hydrogen (secondary N) is 2. The van der Waals surface area contributed by atoms with Crippen LogP contribution in [0.3, 0.4) is 0 Å². The first kappa shape index (κ1) is 19.3. The molecule has 0 unspecified atom stereocenters. The maximum Gasteiger partial charge on any atom is 0.244 e. The van der Waals surface area contributed by atoms with Gasteiger partial charge in [0.1, 0.15) is 5.75 Å². The van der Waals surface area contributed by atoms with Gasteiger partial charge >= 0.3 is 0 Å². The van der Waals surface area contributed by atoms with Crippen molar-refractivity contribution in [3.05, 3.63) is 23.8 Å². The number of hydrogen-bond donors (Lipinski definition) is 2. The van der Waals surface area contributed by atoms with Crippen molar-refractivity contribution < 1.29 is 23.8 Å². The lowest BCUT2D eigenvalue weighted by molar-refractivity contribution is -0.124. The second-order valence-corrected chi connectivity index (χ2v) is 5.22. The normalized spacial score (nSPS) is 10.6. The van der Waals surface area contributed by atoms with E-state index in [0.29, 0.717) is 22.8 Å². The molecule has 0 heterocycles. The molecule has 0 fully saturated rings. The Hall–Kier alpha value is -2.70. The Morgan fingerprint density at radius 3 is 2.17 bits per heavy atom. The number of rotatable bonds is 8. The highest BCUT2D eigenvalue weighted by atomic mass is 16.5. The maximum absolute atomic E-state index is 11.8. The van der Waals surface area contributed by atoms with Crippen LogP contribution in [0.4, 0.5) is 0 Å². The summed E-state index contributed by atoms with van der Waals surface area (Å²) >= 11 is 0. The number of benzene rings is 1. The first-order chi connectivity index (χ1) is 11.4. The molecule has 0 spiro atoms. The molecule has 0 atom stereocenters. The van der Waals surface area contributed by atoms with Gasteiger partial charge in [0.15, 0.2) is 11.5 Å². The predicted molar refractivity (Wildman–Crippen MR) is 91.4 cm³/mol. The van der Waals surface area contributed by atoms with Crippen molar-refractivity contribution in [1.82, 2.24) is 10.6 Å². The van der Waals surface area contributed by atoms with Crippen LogP contribution in [0.25, 0.3) is 6.08 Å². The van der Waals surface area contributed by atoms with Gasteiger partial charge in [0, 0.05) is 23.7 Å². The minimum Gasteiger partial charge on any atom is -0.496 e. The Balaban J connectivity index is 2.78. The third-order valence-electron chi connectivity index (χ3n) is 3.02. The van der Waals surface area contributed by atoms with Crippen LogP contribution in [0.15, 0.2) is 18.2 Å². The molecule has 0 radical (unpaired) electrons. The van der Waals surface area contributed by atoms with Gasteiger partial charge in [-0.25, -0.2) is 0 Å². The summed E-state index contributed by atoms with van der Waals surface area (Å²) < 4.78 is 15.7. The SMILES string of the molecule is COc1cc(OC)c(OC)cc1/C=C/C(=O)NCC(=O)NC(C)C. The lowest BCUT2D eigenvalue weighted by Crippen LogP contribution is -2.39. The fraction of sp³-hybridized carbons (Fsp3) is 0.412. The average Bonchev–Trinajstić information content (AvgIpc) is 2.56. The minimum atomic E-state index is -0.384. The van der Waals surface area contributed by atoms with Crippen LogP contribution in [0, 0.1) is 0 Å². The molecular formula is C17H24N2O5. The molecule has 0 aliphatic rings. The zero-order valence-corrected chi connectivity index (χ0v) is 14.6. The van der Waals surface area contributed by atoms with E-state index in [4.69, 9.17) is 14.2 Å². The van der Waals surface area contributed by atoms with E-state index in [2.05, 4.69) is 10.6 Å². The highest BCUT2D eigenvalue weighted by Crippen LogP contribution is 2.35. The van der Waals surface area contributed by atoms with Crippen LogP contribution in [-0.4, -0.2) is 45.7 Å². The second kappa shape index (κ2) is 9.44. The van der Waals surface area contributed by atoms with Gasteiger partial charge in [-0.1, -0.05) is 0 Å². The van der Waals surface area contributed by atoms with E-state index in [9.17, 15) is 9.59 Å². The molecule has 0 saturated carbocycles. The summed E-state index contributed by atoms with van der Waals surface area (Å²) in [6.07, 6.45) is 2.91. The molecule has 132 valence electrons. The monoisotopic (exact) mass is 336 g/mol. The van der Waals surface area contributed by atoms with Gasteiger partial charge in [0.05, 0.1) is 27.9 Å². The summed E-state index contributed by atoms with van der Waals surface area (Å²) in [7, 11) is 4.58. The van der Waals surface area contributed by atoms with Gasteiger partial charge in [-0.2, -0.15) is 0 Å². The second-order valence-electron chi connectivity index (χ2n) is 5.22. The van der Waals surface area contributed by atoms with Crippen molar-refractivity contribution in [2.45, 2.75) is 19.9 Å². The molecule has 7 nitrogen and oxygen atoms in total. The quantitative estimate of drug-likeness (QED) is 0.700. The topological polar surface area (TPSA) is 85.9 Å². The molecule has 0 aromatic heterocycles. The molecule has 24 heavy (non-hydrogen) atoms. The average molecular weight is 336 g/mol. The molecule has 2 N–H and O–H groups in total. The van der Waals surface area contributed by atoms with E-state index in [1.54, 1.807) is 18.2 Å². The van der Waals surface area contributed by atoms with Crippen LogP contribution in [-0.2, 0) is 9.59 Å². The molecule has 7 heteroatoms. The van der Waals surface area contributed by atoms with Crippen LogP contribution in [0.2, 0.25) is 0 Å². The molecule has 0 bridgehead atoms. The Bertz CT molecular complexity index is 611. The number of ether oxygens (including phenoxy) is 3. The van der Waals surface area contributed by atoms with E-state index in [-0.39, 0.29) is 24.4 Å². The Kier molecular flexibility index (Phi) is 7.61. The number of carbonyl (C=O) groups is 2. The fourth-order valence-electron chi connectivity index (χ4n) is 1.95. The van der Waals surface area contributed by atoms with Crippen molar-refractivity contribution in [3.8, 4) is 17.2 Å². The van der Waals surface area contributed by atoms with Crippen molar-refractivity contribution in [2.24, 2.45) is 0 Å². The lowest BCUT2D eigenvalue weighted by atomic mass is 10.1. The van der Waals surface area contributed by atoms with Crippen LogP contribution < -0.4 is 24.8 Å². The molecule has 1 aromatic carbocycles. The molecule has 0 saturated heterocycles. The molecule has 2 amide bonds. The molecule has 1 rings (SSSR count). The highest BCUT2D eigenvalue weighted by molar-refractivity contribution is 5.94. The van der Waals surface area contributed by atoms with E-state index >= 15 is 0 Å². The van der Waals surface area contributed by atoms with Gasteiger partial charge in [-0.3, -0.25) is 9.59 Å². The number of methoxy groups -OCH3 is 3. The summed E-state index contributed by atoms with van der Waals surface area (Å²) in [5.41, 5.74) is 0.650. The van der Waals surface area contributed by atoms with Crippen molar-refractivity contribution in [1.29, 1.82) is 0 Å². The molecular weight excluding hydrogens is 312 g/mol. The smallest absolute Gasteiger partial charge is 0.244 e. The first-order valence-corrected chi connectivity index (χ1v) is 7.46. The minimum absolute atomic E-state index is 0.0287. The van der Waals surface area contributed by atoms with Gasteiger partial charge < -0.3 is 24.8 Å². The van der Waals surface area contributed by atoms with Gasteiger partial charge in [-0.05, 0) is 26.0 Å². The Labute approximate surface area is 142 Å². The third kappa shape index (κ3) is 5.83. The first-order valence-electron chi connectivity index (χ1n) is 7.46. The summed E-state index contributed by atoms with van der Waals surface area (Å²) in [4.78, 5) is 23.3. The number of amides is 2. The third-order valence-corrected chi connectivity index (χ3v) is 3.02. The summed E-state index contributed by atoms with van der Waals surface area (Å²) in [6, 6.07) is 3.40. The van der Waals surface area contributed by atoms with Crippen LogP contribution in [0.5, 0.6) is 17.2 Å². The number of carbonyl (C=O) groups excluding carboxylic acids is 2. The van der Waals surface area contributed by atoms with Gasteiger partial charge in [0.25, 0.3) is 0 Å². The van der Waals surface area contributed by atoms with Crippen molar-refractivity contribution in [3.63, 3.8) is 0 Å². The van der Waals surface area contributed by atoms with E-state index in [1.165, 1.54) is 27.4 Å². The van der Waals surface area contributed by atoms with Crippen LogP contribution >= 0.6 is 0 Å². The largest absolute Gasteiger partial charge is 0.496 e. The molecule has 1 aromatic rings. The Morgan fingerprint density at radius 2 is 1.62 bits per heavy atom. The molecule has 0 aliphatic heterocycles. The van der Waals surface area contributed by atoms with Crippen molar-refractivity contribution in [2.75, 3.05) is 27.9 Å². The van der Waals surface area contributed by atoms with Crippen LogP contribution in [0.1, 0.15) is 19.4 Å². The maximum atomic E-state index is 11.8. The van der Waals surface area contributed by atoms with Gasteiger partial charge in [0.2, 0.25) is 11.8 Å². The zero-order chi connectivity index (χ0) is 18.1. The van der Waals surface area contributed by atoms with E-state index < -0.39 is 0 Å². The lowest BCUT2D eigenvalue weighted by Gasteiger charge is -2.12. The highest BCUT2D eigenvalue weighted by Gasteiger charge is 2.10.